The first-order valence-corrected chi connectivity index (χ1v) is 47.4. The second-order valence-electron chi connectivity index (χ2n) is 40.2. The molecule has 10 fully saturated rings. The number of phenolic OH excluding ortho intramolecular Hbond substituents is 1. The lowest BCUT2D eigenvalue weighted by atomic mass is 9.77. The first-order chi connectivity index (χ1) is 61.5. The van der Waals surface area contributed by atoms with Crippen LogP contribution >= 0.6 is 47.2 Å². The van der Waals surface area contributed by atoms with E-state index in [9.17, 15) is 38.7 Å². The summed E-state index contributed by atoms with van der Waals surface area (Å²) in [5.41, 5.74) is 1.41. The van der Waals surface area contributed by atoms with Crippen LogP contribution in [-0.4, -0.2) is 234 Å². The Bertz CT molecular complexity index is 5090. The Hall–Kier alpha value is -8.48. The molecule has 4 aromatic heterocycles. The minimum Gasteiger partial charge on any atom is -0.506 e. The summed E-state index contributed by atoms with van der Waals surface area (Å²) in [6, 6.07) is 10.2. The second-order valence-corrected chi connectivity index (χ2v) is 41.4. The molecular weight excluding hydrogens is 1750 g/mol. The van der Waals surface area contributed by atoms with E-state index in [2.05, 4.69) is 38.6 Å². The summed E-state index contributed by atoms with van der Waals surface area (Å²) in [6.45, 7) is 36.9. The Labute approximate surface area is 783 Å². The van der Waals surface area contributed by atoms with Gasteiger partial charge in [0.15, 0.2) is 11.6 Å². The molecule has 16 rings (SSSR count). The van der Waals surface area contributed by atoms with E-state index in [0.717, 1.165) is 101 Å². The van der Waals surface area contributed by atoms with Gasteiger partial charge in [0.05, 0.1) is 111 Å². The smallest absolute Gasteiger partial charge is 0.312 e. The molecule has 708 valence electrons. The molecule has 0 radical (unpaired) electrons. The fraction of sp³-hybridized carbons (Fsp3) is 0.633. The first-order valence-electron chi connectivity index (χ1n) is 46.1. The number of aromatic nitrogens is 4. The molecule has 6 saturated carbocycles. The third-order valence-corrected chi connectivity index (χ3v) is 29.0. The summed E-state index contributed by atoms with van der Waals surface area (Å²) < 4.78 is 50.5. The third-order valence-electron chi connectivity index (χ3n) is 28.1. The largest absolute Gasteiger partial charge is 0.506 e. The average Bonchev–Trinajstić information content (AvgIpc) is 1.57. The molecule has 6 aromatic rings. The SMILES string of the molecule is C=C[C@@H]1CC1(CC(=O)[C@@H]1CC(Cc2cc(-c3coc(NC(C)C)n3)nc3c(Cl)c(O)ccc23)CN1C(=O)[C@@H](CC(=O)OC1C[C@@H]2C[C@@H]2C1)C(C)(C)C)C(=O)OC.C=C[C@@H]1CC1(CC(=O)[C@@H]1CC(Cc2cc(-c3coc(NC(C)C)n3)nc3c(Cl)c(OCCN4CCOCC4)ccc23)CN1C(=O)[C@@H](CC(=O)OC1C[C@@H]2C[C@@H]2C1)C(C)(C)C)C(=O)OC.Cl.ClCCN1CCOCC1. The lowest BCUT2D eigenvalue weighted by Crippen LogP contribution is -2.48. The number of ketones is 2. The fourth-order valence-electron chi connectivity index (χ4n) is 20.5. The molecule has 6 unspecified atom stereocenters. The maximum atomic E-state index is 15.0. The van der Waals surface area contributed by atoms with E-state index >= 15 is 4.79 Å². The average molecular weight is 1880 g/mol. The van der Waals surface area contributed by atoms with Crippen LogP contribution in [0.15, 0.2) is 83.1 Å². The van der Waals surface area contributed by atoms with Crippen molar-refractivity contribution in [2.45, 2.75) is 208 Å². The van der Waals surface area contributed by atoms with Crippen molar-refractivity contribution in [2.24, 2.45) is 80.8 Å². The van der Waals surface area contributed by atoms with Crippen LogP contribution in [0.1, 0.15) is 170 Å². The summed E-state index contributed by atoms with van der Waals surface area (Å²) in [4.78, 5) is 139. The zero-order valence-electron chi connectivity index (χ0n) is 77.1. The molecule has 130 heavy (non-hydrogen) atoms. The van der Waals surface area contributed by atoms with E-state index in [1.54, 1.807) is 34.3 Å². The van der Waals surface area contributed by atoms with Gasteiger partial charge in [0, 0.05) is 93.9 Å². The number of halogens is 4. The number of hydrogen-bond acceptors (Lipinski definition) is 26. The fourth-order valence-corrected chi connectivity index (χ4v) is 21.2. The number of rotatable bonds is 34. The molecule has 2 aromatic carbocycles. The number of aromatic hydroxyl groups is 1. The summed E-state index contributed by atoms with van der Waals surface area (Å²) >= 11 is 19.4. The van der Waals surface area contributed by atoms with Crippen LogP contribution in [0.3, 0.4) is 0 Å². The number of benzene rings is 2. The van der Waals surface area contributed by atoms with Gasteiger partial charge in [-0.15, -0.1) is 37.2 Å². The summed E-state index contributed by atoms with van der Waals surface area (Å²) in [5.74, 6) is -1.22. The van der Waals surface area contributed by atoms with Crippen molar-refractivity contribution in [3.8, 4) is 34.3 Å². The van der Waals surface area contributed by atoms with Crippen LogP contribution in [0.5, 0.6) is 11.5 Å². The lowest BCUT2D eigenvalue weighted by molar-refractivity contribution is -0.157. The minimum atomic E-state index is -1.01. The Kier molecular flexibility index (Phi) is 32.0. The maximum Gasteiger partial charge on any atom is 0.312 e. The number of pyridine rings is 2. The minimum absolute atomic E-state index is 0. The van der Waals surface area contributed by atoms with Gasteiger partial charge in [0.2, 0.25) is 11.8 Å². The van der Waals surface area contributed by atoms with E-state index in [4.69, 9.17) is 91.7 Å². The Morgan fingerprint density at radius 3 is 1.36 bits per heavy atom. The van der Waals surface area contributed by atoms with E-state index in [0.29, 0.717) is 144 Å². The number of fused-ring (bicyclic) bond motifs is 4. The molecule has 0 spiro atoms. The molecule has 0 bridgehead atoms. The Balaban J connectivity index is 0.000000202. The topological polar surface area (TPSA) is 336 Å². The highest BCUT2D eigenvalue weighted by Gasteiger charge is 2.63. The zero-order valence-corrected chi connectivity index (χ0v) is 80.2. The Morgan fingerprint density at radius 2 is 0.977 bits per heavy atom. The van der Waals surface area contributed by atoms with Gasteiger partial charge < -0.3 is 67.5 Å². The van der Waals surface area contributed by atoms with Gasteiger partial charge in [-0.1, -0.05) is 76.9 Å². The van der Waals surface area contributed by atoms with E-state index in [1.165, 1.54) is 39.4 Å². The molecule has 28 nitrogen and oxygen atoms in total. The van der Waals surface area contributed by atoms with Crippen LogP contribution in [0.25, 0.3) is 44.6 Å². The van der Waals surface area contributed by atoms with Gasteiger partial charge >= 0.3 is 23.9 Å². The number of oxazole rings is 2. The van der Waals surface area contributed by atoms with E-state index in [-0.39, 0.29) is 139 Å². The third kappa shape index (κ3) is 23.3. The van der Waals surface area contributed by atoms with E-state index in [1.807, 2.05) is 93.5 Å². The number of carbonyl (C=O) groups is 8. The molecule has 10 aliphatic rings. The summed E-state index contributed by atoms with van der Waals surface area (Å²) in [5, 5.41) is 18.9. The van der Waals surface area contributed by atoms with Crippen LogP contribution in [0, 0.1) is 80.8 Å². The maximum absolute atomic E-state index is 15.0. The van der Waals surface area contributed by atoms with Crippen molar-refractivity contribution in [1.82, 2.24) is 39.5 Å². The second kappa shape index (κ2) is 42.0. The van der Waals surface area contributed by atoms with Crippen LogP contribution in [-0.2, 0) is 79.6 Å². The number of amides is 2. The number of esters is 4. The Morgan fingerprint density at radius 1 is 0.569 bits per heavy atom. The number of ether oxygens (including phenoxy) is 7. The summed E-state index contributed by atoms with van der Waals surface area (Å²) in [6.07, 6.45) is 14.3. The van der Waals surface area contributed by atoms with E-state index < -0.39 is 63.5 Å². The van der Waals surface area contributed by atoms with Crippen LogP contribution in [0.2, 0.25) is 10.0 Å². The van der Waals surface area contributed by atoms with Gasteiger partial charge in [-0.3, -0.25) is 48.2 Å². The summed E-state index contributed by atoms with van der Waals surface area (Å²) in [7, 11) is 2.65. The highest BCUT2D eigenvalue weighted by atomic mass is 35.5. The number of nitrogens with one attached hydrogen (secondary N) is 2. The molecule has 3 N–H and O–H groups in total. The highest BCUT2D eigenvalue weighted by Crippen LogP contribution is 2.60. The zero-order chi connectivity index (χ0) is 92.3. The highest BCUT2D eigenvalue weighted by molar-refractivity contribution is 6.37. The van der Waals surface area contributed by atoms with Crippen molar-refractivity contribution >= 4 is 128 Å². The van der Waals surface area contributed by atoms with Crippen LogP contribution in [0.4, 0.5) is 12.0 Å². The van der Waals surface area contributed by atoms with Gasteiger partial charge in [0.25, 0.3) is 12.0 Å². The van der Waals surface area contributed by atoms with Crippen LogP contribution < -0.4 is 15.4 Å². The number of phenols is 1. The molecule has 2 amide bonds. The normalized spacial score (nSPS) is 26.5. The lowest BCUT2D eigenvalue weighted by Gasteiger charge is -2.35. The number of Topliss-reactive ketones (excluding diaryl/α,β-unsaturated/α-hetero) is 2. The molecule has 4 saturated heterocycles. The molecular formula is C98H130Cl4N10O18. The van der Waals surface area contributed by atoms with Crippen molar-refractivity contribution < 1.29 is 85.5 Å². The number of hydrogen-bond donors (Lipinski definition) is 3. The number of allylic oxidation sites excluding steroid dienone is 2. The number of alkyl halides is 1. The van der Waals surface area contributed by atoms with Gasteiger partial charge in [-0.2, -0.15) is 9.97 Å². The molecule has 4 aliphatic heterocycles. The number of likely N-dealkylation sites (tertiary alicyclic amines) is 2. The van der Waals surface area contributed by atoms with Crippen molar-refractivity contribution in [3.05, 3.63) is 95.4 Å². The van der Waals surface area contributed by atoms with Gasteiger partial charge in [0.1, 0.15) is 64.3 Å². The number of nitrogens with zero attached hydrogens (tertiary/aromatic N) is 8. The van der Waals surface area contributed by atoms with Gasteiger partial charge in [-0.25, -0.2) is 9.97 Å². The number of anilines is 2. The first kappa shape index (κ1) is 99.0. The molecule has 16 atom stereocenters. The quantitative estimate of drug-likeness (QED) is 0.0146. The molecule has 8 heterocycles. The predicted molar refractivity (Wildman–Crippen MR) is 498 cm³/mol. The number of morpholine rings is 2. The standard InChI is InChI=1S/C49H64ClN5O9.C43H53ClN4O8.C6H12ClNO.ClH/c1-8-33-24-49(33,46(59)60-7)25-40(56)39-18-29(26-55(39)45(58)36(48(4,5)6)23-42(57)64-34-20-30-19-31(30)21-34)17-32-22-37(38-27-63-47(53-38)51-28(2)3)52-44-35(32)9-10-41(43(44)50)62-16-13-54-11-14-61-15-12-54;1-8-27-18-43(27,40(53)54-7)19-35(50)33-12-23(20-48(33)39(52)30(42(4,5)6)17-36(51)56-28-14-24-13-25(24)15-28)11-26-16-31(32-21-55-41(47-32)45-22(2)3)46-38-29(26)9-10-34(49)37(38)44;7-1-2-8-3-5-9-6-4-8;/h8-10,22,27-31,33-34,36,39H,1,11-21,23-26H2,2-7H3,(H,51,53);8-10,16,21-25,27-28,30,33,49H,1,11-15,17-20H2,2-7H3,(H,45,47);1-6H2;1H/t29?,30-,31+,33-,34?,36-,39+,49?;23?,24-,25+,27-,28?,30-,33+,43?;;/m11../s1. The van der Waals surface area contributed by atoms with Crippen molar-refractivity contribution in [1.29, 1.82) is 0 Å². The predicted octanol–water partition coefficient (Wildman–Crippen LogP) is 16.1. The number of carbonyl (C=O) groups excluding carboxylic acids is 8. The number of methoxy groups -OCH3 is 2. The monoisotopic (exact) mass is 1870 g/mol. The van der Waals surface area contributed by atoms with Crippen molar-refractivity contribution in [2.75, 3.05) is 116 Å². The van der Waals surface area contributed by atoms with Gasteiger partial charge in [-0.05, 0) is 210 Å². The molecule has 32 heteroatoms. The molecule has 6 aliphatic carbocycles. The van der Waals surface area contributed by atoms with Crippen molar-refractivity contribution in [3.63, 3.8) is 0 Å².